The number of aryl methyl sites for hydroxylation is 2. The molecule has 0 fully saturated rings. The number of primary amides is 1. The highest BCUT2D eigenvalue weighted by Gasteiger charge is 2.28. The van der Waals surface area contributed by atoms with Crippen molar-refractivity contribution in [3.05, 3.63) is 58.2 Å². The molecule has 8 heteroatoms. The summed E-state index contributed by atoms with van der Waals surface area (Å²) in [5.41, 5.74) is 4.72. The molecule has 0 aliphatic rings. The van der Waals surface area contributed by atoms with E-state index in [1.165, 1.54) is 13.8 Å². The molecule has 0 aromatic heterocycles. The zero-order chi connectivity index (χ0) is 19.6. The van der Waals surface area contributed by atoms with Crippen LogP contribution in [0.15, 0.2) is 18.2 Å². The van der Waals surface area contributed by atoms with Crippen molar-refractivity contribution < 1.29 is 27.2 Å². The van der Waals surface area contributed by atoms with E-state index in [1.54, 1.807) is 0 Å². The summed E-state index contributed by atoms with van der Waals surface area (Å²) < 4.78 is 57.0. The van der Waals surface area contributed by atoms with Crippen LogP contribution in [0.25, 0.3) is 11.1 Å². The third-order valence-corrected chi connectivity index (χ3v) is 3.98. The van der Waals surface area contributed by atoms with E-state index in [1.807, 2.05) is 0 Å². The summed E-state index contributed by atoms with van der Waals surface area (Å²) >= 11 is 0. The average molecular weight is 368 g/mol. The molecule has 0 heterocycles. The molecule has 0 saturated carbocycles. The Bertz CT molecular complexity index is 861. The molecule has 0 radical (unpaired) electrons. The molecule has 3 N–H and O–H groups in total. The smallest absolute Gasteiger partial charge is 0.219 e. The Morgan fingerprint density at radius 1 is 1.12 bits per heavy atom. The maximum atomic E-state index is 15.1. The first kappa shape index (κ1) is 19.4. The Morgan fingerprint density at radius 2 is 1.69 bits per heavy atom. The number of benzene rings is 2. The monoisotopic (exact) mass is 368 g/mol. The first-order chi connectivity index (χ1) is 12.2. The standard InChI is InChI=1S/C18H16F4N2O2/c1-8-3-10(19)4-9(2)15(8)11-5-12(20)18(22)16(17(11)21)13(24-7-25)6-14(23)26/h3-5,7,13H,6H2,1-2H3,(H2,23,26)(H,24,25)/t13-/m0/s1. The molecular formula is C18H16F4N2O2. The van der Waals surface area contributed by atoms with Gasteiger partial charge in [-0.05, 0) is 48.7 Å². The van der Waals surface area contributed by atoms with E-state index < -0.39 is 47.2 Å². The third-order valence-electron chi connectivity index (χ3n) is 3.98. The van der Waals surface area contributed by atoms with Crippen LogP contribution in [-0.4, -0.2) is 12.3 Å². The SMILES string of the molecule is Cc1cc(F)cc(C)c1-c1cc(F)c(F)c([C@H](CC(N)=O)NC=O)c1F. The molecule has 0 saturated heterocycles. The Labute approximate surface area is 147 Å². The molecule has 2 aromatic rings. The normalized spacial score (nSPS) is 11.9. The van der Waals surface area contributed by atoms with Crippen molar-refractivity contribution in [2.75, 3.05) is 0 Å². The highest BCUT2D eigenvalue weighted by Crippen LogP contribution is 2.36. The van der Waals surface area contributed by atoms with Crippen LogP contribution < -0.4 is 11.1 Å². The quantitative estimate of drug-likeness (QED) is 0.467. The zero-order valence-corrected chi connectivity index (χ0v) is 14.0. The topological polar surface area (TPSA) is 72.2 Å². The zero-order valence-electron chi connectivity index (χ0n) is 14.0. The predicted molar refractivity (Wildman–Crippen MR) is 86.9 cm³/mol. The number of halogens is 4. The van der Waals surface area contributed by atoms with Gasteiger partial charge in [-0.3, -0.25) is 9.59 Å². The van der Waals surface area contributed by atoms with Crippen LogP contribution >= 0.6 is 0 Å². The van der Waals surface area contributed by atoms with Gasteiger partial charge in [0.2, 0.25) is 12.3 Å². The first-order valence-electron chi connectivity index (χ1n) is 7.59. The summed E-state index contributed by atoms with van der Waals surface area (Å²) in [7, 11) is 0. The lowest BCUT2D eigenvalue weighted by molar-refractivity contribution is -0.118. The molecule has 2 rings (SSSR count). The molecule has 0 bridgehead atoms. The number of amides is 2. The first-order valence-corrected chi connectivity index (χ1v) is 7.59. The van der Waals surface area contributed by atoms with Crippen molar-refractivity contribution in [1.82, 2.24) is 5.32 Å². The molecular weight excluding hydrogens is 352 g/mol. The lowest BCUT2D eigenvalue weighted by Gasteiger charge is -2.20. The molecule has 2 aromatic carbocycles. The summed E-state index contributed by atoms with van der Waals surface area (Å²) in [5, 5.41) is 2.07. The van der Waals surface area contributed by atoms with Crippen molar-refractivity contribution in [2.24, 2.45) is 5.73 Å². The molecule has 0 aliphatic heterocycles. The summed E-state index contributed by atoms with van der Waals surface area (Å²) in [5.74, 6) is -5.57. The Hall–Kier alpha value is -2.90. The lowest BCUT2D eigenvalue weighted by atomic mass is 9.91. The highest BCUT2D eigenvalue weighted by atomic mass is 19.2. The van der Waals surface area contributed by atoms with E-state index in [2.05, 4.69) is 5.32 Å². The third kappa shape index (κ3) is 3.68. The maximum Gasteiger partial charge on any atom is 0.219 e. The van der Waals surface area contributed by atoms with Gasteiger partial charge >= 0.3 is 0 Å². The van der Waals surface area contributed by atoms with Gasteiger partial charge in [0.05, 0.1) is 18.0 Å². The van der Waals surface area contributed by atoms with Crippen LogP contribution in [0.1, 0.15) is 29.2 Å². The lowest BCUT2D eigenvalue weighted by Crippen LogP contribution is -2.28. The van der Waals surface area contributed by atoms with Crippen LogP contribution in [0.2, 0.25) is 0 Å². The minimum Gasteiger partial charge on any atom is -0.370 e. The Morgan fingerprint density at radius 3 is 2.19 bits per heavy atom. The summed E-state index contributed by atoms with van der Waals surface area (Å²) in [6, 6.07) is 1.44. The predicted octanol–water partition coefficient (Wildman–Crippen LogP) is 3.19. The van der Waals surface area contributed by atoms with E-state index in [-0.39, 0.29) is 17.5 Å². The number of hydrogen-bond donors (Lipinski definition) is 2. The van der Waals surface area contributed by atoms with Gasteiger partial charge in [0.25, 0.3) is 0 Å². The number of nitrogens with one attached hydrogen (secondary N) is 1. The van der Waals surface area contributed by atoms with Gasteiger partial charge in [0.15, 0.2) is 11.6 Å². The molecule has 138 valence electrons. The number of rotatable bonds is 6. The highest BCUT2D eigenvalue weighted by molar-refractivity contribution is 5.76. The fourth-order valence-corrected chi connectivity index (χ4v) is 2.97. The minimum absolute atomic E-state index is 0.130. The summed E-state index contributed by atoms with van der Waals surface area (Å²) in [6.45, 7) is 2.99. The average Bonchev–Trinajstić information content (AvgIpc) is 2.51. The van der Waals surface area contributed by atoms with Gasteiger partial charge in [-0.1, -0.05) is 0 Å². The number of hydrogen-bond acceptors (Lipinski definition) is 2. The van der Waals surface area contributed by atoms with Crippen molar-refractivity contribution in [2.45, 2.75) is 26.3 Å². The molecule has 2 amide bonds. The largest absolute Gasteiger partial charge is 0.370 e. The summed E-state index contributed by atoms with van der Waals surface area (Å²) in [4.78, 5) is 21.9. The van der Waals surface area contributed by atoms with Crippen LogP contribution in [0, 0.1) is 37.1 Å². The van der Waals surface area contributed by atoms with E-state index >= 15 is 4.39 Å². The maximum absolute atomic E-state index is 15.1. The summed E-state index contributed by atoms with van der Waals surface area (Å²) in [6.07, 6.45) is -0.498. The van der Waals surface area contributed by atoms with Crippen LogP contribution in [0.5, 0.6) is 0 Å². The van der Waals surface area contributed by atoms with Gasteiger partial charge in [-0.25, -0.2) is 17.6 Å². The fourth-order valence-electron chi connectivity index (χ4n) is 2.97. The van der Waals surface area contributed by atoms with Gasteiger partial charge in [-0.15, -0.1) is 0 Å². The minimum atomic E-state index is -1.54. The molecule has 26 heavy (non-hydrogen) atoms. The van der Waals surface area contributed by atoms with E-state index in [4.69, 9.17) is 5.73 Å². The van der Waals surface area contributed by atoms with Gasteiger partial charge in [0.1, 0.15) is 11.6 Å². The number of carbonyl (C=O) groups excluding carboxylic acids is 2. The van der Waals surface area contributed by atoms with Crippen LogP contribution in [-0.2, 0) is 9.59 Å². The van der Waals surface area contributed by atoms with Gasteiger partial charge in [0, 0.05) is 5.56 Å². The van der Waals surface area contributed by atoms with Crippen molar-refractivity contribution in [3.63, 3.8) is 0 Å². The molecule has 0 aliphatic carbocycles. The Balaban J connectivity index is 2.77. The van der Waals surface area contributed by atoms with Gasteiger partial charge < -0.3 is 11.1 Å². The Kier molecular flexibility index (Phi) is 5.64. The second kappa shape index (κ2) is 7.55. The van der Waals surface area contributed by atoms with E-state index in [0.29, 0.717) is 17.2 Å². The number of nitrogens with two attached hydrogens (primary N) is 1. The van der Waals surface area contributed by atoms with Crippen LogP contribution in [0.3, 0.4) is 0 Å². The molecule has 1 atom stereocenters. The second-order valence-electron chi connectivity index (χ2n) is 5.87. The molecule has 0 spiro atoms. The second-order valence-corrected chi connectivity index (χ2v) is 5.87. The molecule has 4 nitrogen and oxygen atoms in total. The number of carbonyl (C=O) groups is 2. The van der Waals surface area contributed by atoms with Gasteiger partial charge in [-0.2, -0.15) is 0 Å². The van der Waals surface area contributed by atoms with Crippen LogP contribution in [0.4, 0.5) is 17.6 Å². The van der Waals surface area contributed by atoms with Crippen molar-refractivity contribution in [1.29, 1.82) is 0 Å². The van der Waals surface area contributed by atoms with Crippen molar-refractivity contribution in [3.8, 4) is 11.1 Å². The van der Waals surface area contributed by atoms with E-state index in [9.17, 15) is 22.8 Å². The fraction of sp³-hybridized carbons (Fsp3) is 0.222. The van der Waals surface area contributed by atoms with Crippen molar-refractivity contribution >= 4 is 12.3 Å². The van der Waals surface area contributed by atoms with E-state index in [0.717, 1.165) is 12.1 Å². The molecule has 0 unspecified atom stereocenters.